The molecular weight excluding hydrogens is 381 g/mol. The van der Waals surface area contributed by atoms with Crippen LogP contribution in [-0.4, -0.2) is 14.9 Å². The zero-order chi connectivity index (χ0) is 20.9. The standard InChI is InChI=1S/C20H16FN3O5/c1-3-6-24-18-15(19(27)23(2)20(24)28)17(26)13(22-18)7-10-9-29-14-5-4-11(21)8-12(14)16(10)25/h4-5,7-9,22H,3,6H2,1-2H3/b13-7-. The second-order valence-corrected chi connectivity index (χ2v) is 6.69. The number of rotatable bonds is 3. The number of hydrogen-bond donors (Lipinski definition) is 1. The van der Waals surface area contributed by atoms with Gasteiger partial charge in [-0.15, -0.1) is 0 Å². The molecule has 0 saturated carbocycles. The summed E-state index contributed by atoms with van der Waals surface area (Å²) in [6, 6.07) is 3.56. The minimum atomic E-state index is -0.717. The van der Waals surface area contributed by atoms with Crippen molar-refractivity contribution >= 4 is 28.6 Å². The summed E-state index contributed by atoms with van der Waals surface area (Å²) in [6.45, 7) is 2.16. The van der Waals surface area contributed by atoms with Gasteiger partial charge in [-0.05, 0) is 30.7 Å². The van der Waals surface area contributed by atoms with Crippen molar-refractivity contribution in [1.29, 1.82) is 0 Å². The Morgan fingerprint density at radius 1 is 1.21 bits per heavy atom. The smallest absolute Gasteiger partial charge is 0.332 e. The van der Waals surface area contributed by atoms with Gasteiger partial charge < -0.3 is 9.73 Å². The Bertz CT molecular complexity index is 1390. The van der Waals surface area contributed by atoms with Crippen LogP contribution < -0.4 is 22.0 Å². The van der Waals surface area contributed by atoms with Crippen molar-refractivity contribution in [1.82, 2.24) is 9.13 Å². The molecule has 1 N–H and O–H groups in total. The van der Waals surface area contributed by atoms with E-state index in [1.807, 2.05) is 6.92 Å². The molecule has 0 atom stereocenters. The Kier molecular flexibility index (Phi) is 4.30. The predicted octanol–water partition coefficient (Wildman–Crippen LogP) is 1.85. The van der Waals surface area contributed by atoms with Gasteiger partial charge in [0.25, 0.3) is 5.56 Å². The third-order valence-corrected chi connectivity index (χ3v) is 4.78. The lowest BCUT2D eigenvalue weighted by Gasteiger charge is -2.11. The number of allylic oxidation sites excluding steroid dienone is 1. The lowest BCUT2D eigenvalue weighted by Crippen LogP contribution is -2.40. The number of hydrogen-bond acceptors (Lipinski definition) is 6. The first-order valence-electron chi connectivity index (χ1n) is 8.91. The topological polar surface area (TPSA) is 103 Å². The van der Waals surface area contributed by atoms with E-state index in [-0.39, 0.29) is 33.6 Å². The summed E-state index contributed by atoms with van der Waals surface area (Å²) in [7, 11) is 1.30. The van der Waals surface area contributed by atoms with Crippen LogP contribution >= 0.6 is 0 Å². The van der Waals surface area contributed by atoms with Crippen molar-refractivity contribution in [2.45, 2.75) is 19.9 Å². The summed E-state index contributed by atoms with van der Waals surface area (Å²) in [5.74, 6) is -1.12. The van der Waals surface area contributed by atoms with Gasteiger partial charge in [-0.2, -0.15) is 0 Å². The van der Waals surface area contributed by atoms with E-state index in [1.54, 1.807) is 0 Å². The number of anilines is 1. The number of nitrogens with zero attached hydrogens (tertiary/aromatic N) is 2. The molecule has 0 aliphatic carbocycles. The number of carbonyl (C=O) groups is 1. The Hall–Kier alpha value is -3.75. The number of halogens is 1. The van der Waals surface area contributed by atoms with E-state index in [9.17, 15) is 23.6 Å². The molecule has 4 rings (SSSR count). The van der Waals surface area contributed by atoms with Gasteiger partial charge in [0.05, 0.1) is 16.6 Å². The largest absolute Gasteiger partial charge is 0.463 e. The van der Waals surface area contributed by atoms with Crippen LogP contribution in [0.25, 0.3) is 17.0 Å². The molecule has 0 saturated heterocycles. The van der Waals surface area contributed by atoms with Crippen molar-refractivity contribution in [2.24, 2.45) is 7.05 Å². The van der Waals surface area contributed by atoms with Crippen molar-refractivity contribution in [2.75, 3.05) is 5.32 Å². The molecule has 148 valence electrons. The second kappa shape index (κ2) is 6.69. The molecule has 0 bridgehead atoms. The third-order valence-electron chi connectivity index (χ3n) is 4.78. The van der Waals surface area contributed by atoms with Crippen LogP contribution in [0.15, 0.2) is 49.0 Å². The number of nitrogens with one attached hydrogen (secondary N) is 1. The fraction of sp³-hybridized carbons (Fsp3) is 0.200. The monoisotopic (exact) mass is 397 g/mol. The van der Waals surface area contributed by atoms with Gasteiger partial charge in [0, 0.05) is 13.6 Å². The minimum Gasteiger partial charge on any atom is -0.463 e. The van der Waals surface area contributed by atoms with Crippen LogP contribution in [0.1, 0.15) is 29.3 Å². The first kappa shape index (κ1) is 18.6. The number of aromatic nitrogens is 2. The molecular formula is C20H16FN3O5. The van der Waals surface area contributed by atoms with Crippen LogP contribution in [0.4, 0.5) is 10.2 Å². The molecule has 0 amide bonds. The highest BCUT2D eigenvalue weighted by Gasteiger charge is 2.32. The average molecular weight is 397 g/mol. The maximum absolute atomic E-state index is 13.5. The molecule has 0 fully saturated rings. The van der Waals surface area contributed by atoms with Crippen LogP contribution in [0, 0.1) is 5.82 Å². The first-order chi connectivity index (χ1) is 13.8. The zero-order valence-corrected chi connectivity index (χ0v) is 15.6. The zero-order valence-electron chi connectivity index (χ0n) is 15.6. The lowest BCUT2D eigenvalue weighted by molar-refractivity contribution is 0.104. The number of ketones is 1. The van der Waals surface area contributed by atoms with E-state index in [0.717, 1.165) is 16.9 Å². The van der Waals surface area contributed by atoms with Gasteiger partial charge in [-0.1, -0.05) is 6.92 Å². The molecule has 1 aromatic carbocycles. The molecule has 0 radical (unpaired) electrons. The molecule has 0 unspecified atom stereocenters. The average Bonchev–Trinajstić information content (AvgIpc) is 3.02. The SMILES string of the molecule is CCCn1c2c(c(=O)n(C)c1=O)C(=O)/C(=C/c1coc3ccc(F)cc3c1=O)N2. The predicted molar refractivity (Wildman–Crippen MR) is 105 cm³/mol. The number of carbonyl (C=O) groups excluding carboxylic acids is 1. The normalized spacial score (nSPS) is 14.4. The summed E-state index contributed by atoms with van der Waals surface area (Å²) < 4.78 is 21.0. The fourth-order valence-corrected chi connectivity index (χ4v) is 3.33. The third kappa shape index (κ3) is 2.82. The molecule has 3 heterocycles. The molecule has 29 heavy (non-hydrogen) atoms. The second-order valence-electron chi connectivity index (χ2n) is 6.69. The van der Waals surface area contributed by atoms with Crippen LogP contribution in [0.5, 0.6) is 0 Å². The Morgan fingerprint density at radius 2 is 1.97 bits per heavy atom. The van der Waals surface area contributed by atoms with Crippen molar-refractivity contribution in [3.8, 4) is 0 Å². The number of Topliss-reactive ketones (excluding diaryl/α,β-unsaturated/α-hetero) is 1. The highest BCUT2D eigenvalue weighted by molar-refractivity contribution is 6.19. The van der Waals surface area contributed by atoms with Crippen molar-refractivity contribution in [3.63, 3.8) is 0 Å². The van der Waals surface area contributed by atoms with Gasteiger partial charge in [-0.25, -0.2) is 9.18 Å². The quantitative estimate of drug-likeness (QED) is 0.677. The fourth-order valence-electron chi connectivity index (χ4n) is 3.33. The maximum atomic E-state index is 13.5. The Labute approximate surface area is 162 Å². The van der Waals surface area contributed by atoms with Crippen molar-refractivity contribution < 1.29 is 13.6 Å². The summed E-state index contributed by atoms with van der Waals surface area (Å²) in [6.07, 6.45) is 3.00. The molecule has 1 aliphatic rings. The summed E-state index contributed by atoms with van der Waals surface area (Å²) in [5, 5.41) is 2.82. The molecule has 1 aliphatic heterocycles. The van der Waals surface area contributed by atoms with E-state index in [1.165, 1.54) is 29.8 Å². The minimum absolute atomic E-state index is 0.00738. The van der Waals surface area contributed by atoms with Crippen LogP contribution in [0.2, 0.25) is 0 Å². The maximum Gasteiger partial charge on any atom is 0.332 e. The molecule has 0 spiro atoms. The van der Waals surface area contributed by atoms with Gasteiger partial charge in [0.2, 0.25) is 5.78 Å². The molecule has 9 heteroatoms. The number of fused-ring (bicyclic) bond motifs is 2. The van der Waals surface area contributed by atoms with Gasteiger partial charge >= 0.3 is 5.69 Å². The Balaban J connectivity index is 1.89. The van der Waals surface area contributed by atoms with E-state index in [0.29, 0.717) is 13.0 Å². The van der Waals surface area contributed by atoms with Gasteiger partial charge in [0.15, 0.2) is 5.43 Å². The van der Waals surface area contributed by atoms with E-state index in [4.69, 9.17) is 4.42 Å². The first-order valence-corrected chi connectivity index (χ1v) is 8.91. The van der Waals surface area contributed by atoms with E-state index >= 15 is 0 Å². The molecule has 2 aromatic heterocycles. The van der Waals surface area contributed by atoms with Gasteiger partial charge in [-0.3, -0.25) is 23.5 Å². The summed E-state index contributed by atoms with van der Waals surface area (Å²) in [5.41, 5.74) is -1.78. The Morgan fingerprint density at radius 3 is 2.69 bits per heavy atom. The highest BCUT2D eigenvalue weighted by Crippen LogP contribution is 2.26. The van der Waals surface area contributed by atoms with E-state index < -0.39 is 28.3 Å². The van der Waals surface area contributed by atoms with Gasteiger partial charge in [0.1, 0.15) is 29.0 Å². The number of benzene rings is 1. The molecule has 3 aromatic rings. The van der Waals surface area contributed by atoms with Crippen LogP contribution in [-0.2, 0) is 13.6 Å². The summed E-state index contributed by atoms with van der Waals surface area (Å²) >= 11 is 0. The summed E-state index contributed by atoms with van der Waals surface area (Å²) in [4.78, 5) is 50.3. The molecule has 8 nitrogen and oxygen atoms in total. The van der Waals surface area contributed by atoms with Crippen molar-refractivity contribution in [3.05, 3.63) is 78.2 Å². The van der Waals surface area contributed by atoms with Crippen LogP contribution in [0.3, 0.4) is 0 Å². The van der Waals surface area contributed by atoms with E-state index in [2.05, 4.69) is 5.32 Å². The highest BCUT2D eigenvalue weighted by atomic mass is 19.1. The lowest BCUT2D eigenvalue weighted by atomic mass is 10.1.